The molecule has 2 rings (SSSR count). The topological polar surface area (TPSA) is 32.3 Å². The van der Waals surface area contributed by atoms with Gasteiger partial charge in [0.25, 0.3) is 0 Å². The standard InChI is InChI=1S/C16H20BrNOS/c1-11(3-4-13-5-7-14(19)8-6-13)18-12(2)15-9-10-16(17)20-15/h5-12,18-19H,3-4H2,1-2H3. The second kappa shape index (κ2) is 7.25. The van der Waals surface area contributed by atoms with Gasteiger partial charge in [-0.1, -0.05) is 12.1 Å². The molecule has 0 aliphatic rings. The maximum atomic E-state index is 9.27. The van der Waals surface area contributed by atoms with Crippen LogP contribution in [-0.2, 0) is 6.42 Å². The van der Waals surface area contributed by atoms with Gasteiger partial charge in [0.05, 0.1) is 3.79 Å². The number of hydrogen-bond acceptors (Lipinski definition) is 3. The normalized spacial score (nSPS) is 14.2. The Bertz CT molecular complexity index is 538. The van der Waals surface area contributed by atoms with E-state index in [0.717, 1.165) is 12.8 Å². The van der Waals surface area contributed by atoms with Crippen LogP contribution in [0.1, 0.15) is 36.8 Å². The van der Waals surface area contributed by atoms with Crippen LogP contribution < -0.4 is 5.32 Å². The Morgan fingerprint density at radius 3 is 2.45 bits per heavy atom. The molecule has 2 aromatic rings. The molecule has 0 bridgehead atoms. The van der Waals surface area contributed by atoms with Crippen molar-refractivity contribution in [1.29, 1.82) is 0 Å². The van der Waals surface area contributed by atoms with Crippen molar-refractivity contribution >= 4 is 27.3 Å². The minimum atomic E-state index is 0.330. The second-order valence-corrected chi connectivity index (χ2v) is 7.63. The van der Waals surface area contributed by atoms with Crippen molar-refractivity contribution in [3.05, 3.63) is 50.6 Å². The van der Waals surface area contributed by atoms with Crippen molar-refractivity contribution in [1.82, 2.24) is 5.32 Å². The van der Waals surface area contributed by atoms with Gasteiger partial charge in [0, 0.05) is 17.0 Å². The SMILES string of the molecule is CC(CCc1ccc(O)cc1)NC(C)c1ccc(Br)s1. The fraction of sp³-hybridized carbons (Fsp3) is 0.375. The Morgan fingerprint density at radius 2 is 1.85 bits per heavy atom. The van der Waals surface area contributed by atoms with E-state index in [1.54, 1.807) is 23.5 Å². The van der Waals surface area contributed by atoms with E-state index in [1.165, 1.54) is 14.2 Å². The molecular weight excluding hydrogens is 334 g/mol. The Morgan fingerprint density at radius 1 is 1.15 bits per heavy atom. The summed E-state index contributed by atoms with van der Waals surface area (Å²) in [4.78, 5) is 1.35. The van der Waals surface area contributed by atoms with Crippen molar-refractivity contribution in [2.24, 2.45) is 0 Å². The van der Waals surface area contributed by atoms with Crippen LogP contribution >= 0.6 is 27.3 Å². The van der Waals surface area contributed by atoms with Gasteiger partial charge in [-0.15, -0.1) is 11.3 Å². The predicted octanol–water partition coefficient (Wildman–Crippen LogP) is 4.89. The van der Waals surface area contributed by atoms with Gasteiger partial charge in [-0.05, 0) is 72.4 Å². The first-order valence-corrected chi connectivity index (χ1v) is 8.44. The van der Waals surface area contributed by atoms with Gasteiger partial charge < -0.3 is 10.4 Å². The molecule has 4 heteroatoms. The van der Waals surface area contributed by atoms with Crippen LogP contribution in [0.4, 0.5) is 0 Å². The lowest BCUT2D eigenvalue weighted by Gasteiger charge is -2.19. The molecule has 108 valence electrons. The van der Waals surface area contributed by atoms with Crippen LogP contribution in [0.3, 0.4) is 0 Å². The average Bonchev–Trinajstić information content (AvgIpc) is 2.85. The van der Waals surface area contributed by atoms with Crippen molar-refractivity contribution in [3.8, 4) is 5.75 Å². The molecule has 0 spiro atoms. The van der Waals surface area contributed by atoms with Gasteiger partial charge in [-0.25, -0.2) is 0 Å². The largest absolute Gasteiger partial charge is 0.508 e. The number of benzene rings is 1. The molecule has 0 fully saturated rings. The summed E-state index contributed by atoms with van der Waals surface area (Å²) >= 11 is 5.28. The van der Waals surface area contributed by atoms with E-state index in [-0.39, 0.29) is 0 Å². The molecule has 2 atom stereocenters. The van der Waals surface area contributed by atoms with E-state index in [2.05, 4.69) is 47.2 Å². The molecule has 0 saturated heterocycles. The third-order valence-corrected chi connectivity index (χ3v) is 5.16. The summed E-state index contributed by atoms with van der Waals surface area (Å²) < 4.78 is 1.18. The maximum Gasteiger partial charge on any atom is 0.115 e. The summed E-state index contributed by atoms with van der Waals surface area (Å²) in [6, 6.07) is 12.6. The van der Waals surface area contributed by atoms with E-state index in [0.29, 0.717) is 17.8 Å². The van der Waals surface area contributed by atoms with Crippen molar-refractivity contribution in [2.45, 2.75) is 38.8 Å². The van der Waals surface area contributed by atoms with Crippen LogP contribution in [0, 0.1) is 0 Å². The molecule has 1 heterocycles. The smallest absolute Gasteiger partial charge is 0.115 e. The van der Waals surface area contributed by atoms with Crippen LogP contribution in [0.15, 0.2) is 40.2 Å². The summed E-state index contributed by atoms with van der Waals surface area (Å²) in [5, 5.41) is 12.9. The number of phenols is 1. The molecule has 2 unspecified atom stereocenters. The molecule has 0 saturated carbocycles. The Hall–Kier alpha value is -0.840. The first-order chi connectivity index (χ1) is 9.54. The number of hydrogen-bond donors (Lipinski definition) is 2. The van der Waals surface area contributed by atoms with E-state index in [9.17, 15) is 5.11 Å². The minimum Gasteiger partial charge on any atom is -0.508 e. The molecule has 1 aromatic carbocycles. The molecule has 2 nitrogen and oxygen atoms in total. The minimum absolute atomic E-state index is 0.330. The van der Waals surface area contributed by atoms with Gasteiger partial charge in [0.1, 0.15) is 5.75 Å². The quantitative estimate of drug-likeness (QED) is 0.774. The van der Waals surface area contributed by atoms with Gasteiger partial charge in [-0.2, -0.15) is 0 Å². The monoisotopic (exact) mass is 353 g/mol. The maximum absolute atomic E-state index is 9.27. The summed E-state index contributed by atoms with van der Waals surface area (Å²) in [6.45, 7) is 4.43. The first-order valence-electron chi connectivity index (χ1n) is 6.84. The average molecular weight is 354 g/mol. The number of nitrogens with one attached hydrogen (secondary N) is 1. The lowest BCUT2D eigenvalue weighted by molar-refractivity contribution is 0.459. The Balaban J connectivity index is 1.80. The summed E-state index contributed by atoms with van der Waals surface area (Å²) in [5.74, 6) is 0.330. The highest BCUT2D eigenvalue weighted by molar-refractivity contribution is 9.11. The van der Waals surface area contributed by atoms with Crippen molar-refractivity contribution in [3.63, 3.8) is 0 Å². The zero-order chi connectivity index (χ0) is 14.5. The number of aryl methyl sites for hydroxylation is 1. The van der Waals surface area contributed by atoms with Gasteiger partial charge in [-0.3, -0.25) is 0 Å². The zero-order valence-electron chi connectivity index (χ0n) is 11.8. The Kier molecular flexibility index (Phi) is 5.64. The summed E-state index contributed by atoms with van der Waals surface area (Å²) in [5.41, 5.74) is 1.27. The van der Waals surface area contributed by atoms with Crippen LogP contribution in [-0.4, -0.2) is 11.1 Å². The molecule has 1 aromatic heterocycles. The number of halogens is 1. The fourth-order valence-electron chi connectivity index (χ4n) is 2.20. The van der Waals surface area contributed by atoms with Crippen molar-refractivity contribution < 1.29 is 5.11 Å². The highest BCUT2D eigenvalue weighted by atomic mass is 79.9. The van der Waals surface area contributed by atoms with E-state index in [1.807, 2.05) is 12.1 Å². The van der Waals surface area contributed by atoms with Gasteiger partial charge >= 0.3 is 0 Å². The molecule has 0 radical (unpaired) electrons. The Labute approximate surface area is 133 Å². The highest BCUT2D eigenvalue weighted by Gasteiger charge is 2.11. The number of aromatic hydroxyl groups is 1. The van der Waals surface area contributed by atoms with Crippen LogP contribution in [0.25, 0.3) is 0 Å². The van der Waals surface area contributed by atoms with Crippen molar-refractivity contribution in [2.75, 3.05) is 0 Å². The van der Waals surface area contributed by atoms with Gasteiger partial charge in [0.2, 0.25) is 0 Å². The molecule has 0 aliphatic carbocycles. The van der Waals surface area contributed by atoms with E-state index >= 15 is 0 Å². The summed E-state index contributed by atoms with van der Waals surface area (Å²) in [6.07, 6.45) is 2.11. The first kappa shape index (κ1) is 15.5. The number of thiophene rings is 1. The predicted molar refractivity (Wildman–Crippen MR) is 89.5 cm³/mol. The van der Waals surface area contributed by atoms with Crippen LogP contribution in [0.2, 0.25) is 0 Å². The highest BCUT2D eigenvalue weighted by Crippen LogP contribution is 2.27. The molecule has 2 N–H and O–H groups in total. The lowest BCUT2D eigenvalue weighted by Crippen LogP contribution is -2.28. The number of rotatable bonds is 6. The van der Waals surface area contributed by atoms with E-state index < -0.39 is 0 Å². The zero-order valence-corrected chi connectivity index (χ0v) is 14.2. The second-order valence-electron chi connectivity index (χ2n) is 5.14. The van der Waals surface area contributed by atoms with Gasteiger partial charge in [0.15, 0.2) is 0 Å². The van der Waals surface area contributed by atoms with E-state index in [4.69, 9.17) is 0 Å². The number of phenolic OH excluding ortho intramolecular Hbond substituents is 1. The molecule has 20 heavy (non-hydrogen) atoms. The summed E-state index contributed by atoms with van der Waals surface area (Å²) in [7, 11) is 0. The third kappa shape index (κ3) is 4.62. The molecule has 0 aliphatic heterocycles. The van der Waals surface area contributed by atoms with Crippen LogP contribution in [0.5, 0.6) is 5.75 Å². The fourth-order valence-corrected chi connectivity index (χ4v) is 3.63. The molecular formula is C16H20BrNOS. The molecule has 0 amide bonds. The lowest BCUT2D eigenvalue weighted by atomic mass is 10.1. The third-order valence-electron chi connectivity index (χ3n) is 3.36.